The molecule has 2 aromatic rings. The van der Waals surface area contributed by atoms with Gasteiger partial charge in [0, 0.05) is 6.20 Å². The topological polar surface area (TPSA) is 51.8 Å². The normalized spacial score (nSPS) is 11.8. The van der Waals surface area contributed by atoms with E-state index in [1.165, 1.54) is 17.8 Å². The molecule has 0 radical (unpaired) electrons. The Balaban J connectivity index is 1.98. The molecule has 0 fully saturated rings. The van der Waals surface area contributed by atoms with Gasteiger partial charge in [-0.3, -0.25) is 0 Å². The highest BCUT2D eigenvalue weighted by molar-refractivity contribution is 7.98. The fourth-order valence-electron chi connectivity index (χ4n) is 1.17. The number of aryl methyl sites for hydroxylation is 1. The van der Waals surface area contributed by atoms with Crippen molar-refractivity contribution in [2.24, 2.45) is 0 Å². The fraction of sp³-hybridized carbons (Fsp3) is 0.300. The molecule has 0 saturated carbocycles. The van der Waals surface area contributed by atoms with Gasteiger partial charge in [-0.25, -0.2) is 4.98 Å². The number of pyridine rings is 1. The molecule has 0 saturated heterocycles. The number of hydrogen-bond acceptors (Lipinski definition) is 5. The molecule has 0 amide bonds. The summed E-state index contributed by atoms with van der Waals surface area (Å²) in [6, 6.07) is 2.31. The maximum Gasteiger partial charge on any atom is 0.417 e. The van der Waals surface area contributed by atoms with Crippen molar-refractivity contribution in [3.63, 3.8) is 0 Å². The number of thioether (sulfide) groups is 1. The lowest BCUT2D eigenvalue weighted by Gasteiger charge is -2.05. The van der Waals surface area contributed by atoms with Crippen molar-refractivity contribution in [2.45, 2.75) is 23.9 Å². The van der Waals surface area contributed by atoms with Crippen molar-refractivity contribution < 1.29 is 17.7 Å². The first-order valence-electron chi connectivity index (χ1n) is 4.90. The van der Waals surface area contributed by atoms with Gasteiger partial charge in [0.15, 0.2) is 5.82 Å². The Bertz CT molecular complexity index is 524. The molecule has 2 heterocycles. The number of rotatable bonds is 3. The molecule has 2 rings (SSSR count). The van der Waals surface area contributed by atoms with Crippen LogP contribution < -0.4 is 0 Å². The SMILES string of the molecule is Cc1noc(CSc2ccc(C(F)(F)F)cn2)n1. The average Bonchev–Trinajstić information content (AvgIpc) is 2.72. The van der Waals surface area contributed by atoms with Gasteiger partial charge in [-0.15, -0.1) is 0 Å². The molecule has 0 aliphatic rings. The lowest BCUT2D eigenvalue weighted by atomic mass is 10.3. The molecule has 0 unspecified atom stereocenters. The number of nitrogens with zero attached hydrogens (tertiary/aromatic N) is 3. The first-order chi connectivity index (χ1) is 8.45. The third-order valence-corrected chi connectivity index (χ3v) is 2.91. The number of halogens is 3. The molecule has 0 spiro atoms. The minimum Gasteiger partial charge on any atom is -0.338 e. The highest BCUT2D eigenvalue weighted by atomic mass is 32.2. The molecule has 2 aromatic heterocycles. The Labute approximate surface area is 105 Å². The Kier molecular flexibility index (Phi) is 3.55. The minimum absolute atomic E-state index is 0.374. The smallest absolute Gasteiger partial charge is 0.338 e. The quantitative estimate of drug-likeness (QED) is 0.806. The van der Waals surface area contributed by atoms with E-state index in [0.29, 0.717) is 22.5 Å². The largest absolute Gasteiger partial charge is 0.417 e. The Morgan fingerprint density at radius 2 is 2.11 bits per heavy atom. The minimum atomic E-state index is -4.36. The van der Waals surface area contributed by atoms with Crippen LogP contribution in [-0.2, 0) is 11.9 Å². The monoisotopic (exact) mass is 275 g/mol. The van der Waals surface area contributed by atoms with Gasteiger partial charge in [-0.05, 0) is 19.1 Å². The molecular formula is C10H8F3N3OS. The van der Waals surface area contributed by atoms with Crippen molar-refractivity contribution in [2.75, 3.05) is 0 Å². The Hall–Kier alpha value is -1.57. The van der Waals surface area contributed by atoms with E-state index in [2.05, 4.69) is 15.1 Å². The summed E-state index contributed by atoms with van der Waals surface area (Å²) in [4.78, 5) is 7.70. The summed E-state index contributed by atoms with van der Waals surface area (Å²) < 4.78 is 41.8. The Morgan fingerprint density at radius 3 is 2.61 bits per heavy atom. The third-order valence-electron chi connectivity index (χ3n) is 1.98. The summed E-state index contributed by atoms with van der Waals surface area (Å²) in [6.07, 6.45) is -3.55. The van der Waals surface area contributed by atoms with E-state index in [1.54, 1.807) is 6.92 Å². The maximum atomic E-state index is 12.3. The van der Waals surface area contributed by atoms with E-state index < -0.39 is 11.7 Å². The van der Waals surface area contributed by atoms with Crippen LogP contribution in [0.4, 0.5) is 13.2 Å². The first kappa shape index (κ1) is 12.9. The second kappa shape index (κ2) is 4.97. The van der Waals surface area contributed by atoms with Crippen LogP contribution in [-0.4, -0.2) is 15.1 Å². The van der Waals surface area contributed by atoms with Gasteiger partial charge in [-0.2, -0.15) is 18.2 Å². The zero-order valence-electron chi connectivity index (χ0n) is 9.23. The second-order valence-corrected chi connectivity index (χ2v) is 4.40. The summed E-state index contributed by atoms with van der Waals surface area (Å²) in [5.74, 6) is 1.31. The van der Waals surface area contributed by atoms with Crippen LogP contribution >= 0.6 is 11.8 Å². The molecule has 4 nitrogen and oxygen atoms in total. The van der Waals surface area contributed by atoms with E-state index in [1.807, 2.05) is 0 Å². The molecule has 18 heavy (non-hydrogen) atoms. The first-order valence-corrected chi connectivity index (χ1v) is 5.89. The van der Waals surface area contributed by atoms with Gasteiger partial charge in [0.2, 0.25) is 5.89 Å². The summed E-state index contributed by atoms with van der Waals surface area (Å²) in [6.45, 7) is 1.69. The van der Waals surface area contributed by atoms with Gasteiger partial charge in [0.1, 0.15) is 0 Å². The van der Waals surface area contributed by atoms with E-state index in [0.717, 1.165) is 12.3 Å². The number of hydrogen-bond donors (Lipinski definition) is 0. The second-order valence-electron chi connectivity index (χ2n) is 3.41. The highest BCUT2D eigenvalue weighted by Gasteiger charge is 2.30. The number of alkyl halides is 3. The van der Waals surface area contributed by atoms with Crippen molar-refractivity contribution in [3.8, 4) is 0 Å². The Morgan fingerprint density at radius 1 is 1.33 bits per heavy atom. The van der Waals surface area contributed by atoms with Crippen LogP contribution in [0.15, 0.2) is 27.9 Å². The molecule has 0 bridgehead atoms. The molecule has 0 aromatic carbocycles. The molecular weight excluding hydrogens is 267 g/mol. The highest BCUT2D eigenvalue weighted by Crippen LogP contribution is 2.29. The van der Waals surface area contributed by atoms with E-state index in [9.17, 15) is 13.2 Å². The van der Waals surface area contributed by atoms with Gasteiger partial charge in [0.25, 0.3) is 0 Å². The van der Waals surface area contributed by atoms with E-state index in [4.69, 9.17) is 4.52 Å². The molecule has 96 valence electrons. The zero-order chi connectivity index (χ0) is 13.2. The lowest BCUT2D eigenvalue weighted by molar-refractivity contribution is -0.137. The van der Waals surface area contributed by atoms with Crippen LogP contribution in [0.25, 0.3) is 0 Å². The predicted octanol–water partition coefficient (Wildman–Crippen LogP) is 3.08. The molecule has 8 heteroatoms. The molecule has 0 atom stereocenters. The van der Waals surface area contributed by atoms with E-state index in [-0.39, 0.29) is 0 Å². The van der Waals surface area contributed by atoms with Crippen LogP contribution in [0.1, 0.15) is 17.3 Å². The summed E-state index contributed by atoms with van der Waals surface area (Å²) in [7, 11) is 0. The van der Waals surface area contributed by atoms with Crippen LogP contribution in [0.5, 0.6) is 0 Å². The standard InChI is InChI=1S/C10H8F3N3OS/c1-6-15-8(17-16-6)5-18-9-3-2-7(4-14-9)10(11,12)13/h2-4H,5H2,1H3. The van der Waals surface area contributed by atoms with Crippen molar-refractivity contribution in [3.05, 3.63) is 35.6 Å². The maximum absolute atomic E-state index is 12.3. The van der Waals surface area contributed by atoms with Crippen molar-refractivity contribution in [1.29, 1.82) is 0 Å². The average molecular weight is 275 g/mol. The van der Waals surface area contributed by atoms with Crippen molar-refractivity contribution in [1.82, 2.24) is 15.1 Å². The summed E-state index contributed by atoms with van der Waals surface area (Å²) in [5.41, 5.74) is -0.763. The fourth-order valence-corrected chi connectivity index (χ4v) is 1.85. The van der Waals surface area contributed by atoms with Crippen LogP contribution in [0, 0.1) is 6.92 Å². The summed E-state index contributed by atoms with van der Waals surface area (Å²) in [5, 5.41) is 4.08. The van der Waals surface area contributed by atoms with Gasteiger partial charge >= 0.3 is 6.18 Å². The third kappa shape index (κ3) is 3.22. The van der Waals surface area contributed by atoms with Gasteiger partial charge in [-0.1, -0.05) is 16.9 Å². The molecule has 0 aliphatic heterocycles. The van der Waals surface area contributed by atoms with Gasteiger partial charge < -0.3 is 4.52 Å². The zero-order valence-corrected chi connectivity index (χ0v) is 10.0. The van der Waals surface area contributed by atoms with Crippen LogP contribution in [0.3, 0.4) is 0 Å². The van der Waals surface area contributed by atoms with Gasteiger partial charge in [0.05, 0.1) is 16.3 Å². The predicted molar refractivity (Wildman–Crippen MR) is 57.8 cm³/mol. The molecule has 0 N–H and O–H groups in total. The molecule has 0 aliphatic carbocycles. The lowest BCUT2D eigenvalue weighted by Crippen LogP contribution is -2.05. The summed E-state index contributed by atoms with van der Waals surface area (Å²) >= 11 is 1.23. The van der Waals surface area contributed by atoms with Crippen LogP contribution in [0.2, 0.25) is 0 Å². The van der Waals surface area contributed by atoms with E-state index >= 15 is 0 Å². The van der Waals surface area contributed by atoms with Crippen molar-refractivity contribution >= 4 is 11.8 Å². The number of aromatic nitrogens is 3.